The number of hydrogen-bond acceptors (Lipinski definition) is 1. The van der Waals surface area contributed by atoms with Gasteiger partial charge in [-0.25, -0.2) is 0 Å². The maximum absolute atomic E-state index is 2.58. The Balaban J connectivity index is 1.70. The highest BCUT2D eigenvalue weighted by Crippen LogP contribution is 2.25. The number of rotatable bonds is 5. The van der Waals surface area contributed by atoms with Crippen LogP contribution in [0.4, 0.5) is 0 Å². The lowest BCUT2D eigenvalue weighted by atomic mass is 9.86. The summed E-state index contributed by atoms with van der Waals surface area (Å²) in [5, 5.41) is 0. The molecule has 2 aromatic rings. The van der Waals surface area contributed by atoms with Crippen LogP contribution in [0, 0.1) is 0 Å². The van der Waals surface area contributed by atoms with Gasteiger partial charge in [0, 0.05) is 12.6 Å². The lowest BCUT2D eigenvalue weighted by molar-refractivity contribution is 0.184. The molecular weight excluding hydrogens is 314 g/mol. The van der Waals surface area contributed by atoms with Crippen molar-refractivity contribution in [3.05, 3.63) is 70.8 Å². The summed E-state index contributed by atoms with van der Waals surface area (Å²) >= 11 is 0. The summed E-state index contributed by atoms with van der Waals surface area (Å²) in [6.07, 6.45) is 7.98. The maximum Gasteiger partial charge on any atom is 0.0236 e. The van der Waals surface area contributed by atoms with E-state index in [1.165, 1.54) is 54.4 Å². The molecule has 0 unspecified atom stereocenters. The Morgan fingerprint density at radius 2 is 1.46 bits per heavy atom. The first-order valence-corrected chi connectivity index (χ1v) is 10.3. The largest absolute Gasteiger partial charge is 0.299 e. The van der Waals surface area contributed by atoms with Gasteiger partial charge in [0.1, 0.15) is 0 Å². The second kappa shape index (κ2) is 8.39. The van der Waals surface area contributed by atoms with Crippen LogP contribution in [-0.2, 0) is 18.4 Å². The Hall–Kier alpha value is -1.60. The van der Waals surface area contributed by atoms with Crippen molar-refractivity contribution in [2.24, 2.45) is 0 Å². The highest BCUT2D eigenvalue weighted by Gasteiger charge is 2.19. The molecule has 0 bridgehead atoms. The highest BCUT2D eigenvalue weighted by molar-refractivity contribution is 5.35. The van der Waals surface area contributed by atoms with Gasteiger partial charge in [0.2, 0.25) is 0 Å². The average molecular weight is 350 g/mol. The summed E-state index contributed by atoms with van der Waals surface area (Å²) in [6.45, 7) is 7.90. The molecule has 1 heteroatoms. The molecule has 1 saturated carbocycles. The Morgan fingerprint density at radius 1 is 0.846 bits per heavy atom. The summed E-state index contributed by atoms with van der Waals surface area (Å²) in [7, 11) is 2.31. The van der Waals surface area contributed by atoms with Crippen molar-refractivity contribution in [3.63, 3.8) is 0 Å². The summed E-state index contributed by atoms with van der Waals surface area (Å²) in [4.78, 5) is 2.58. The molecule has 1 aliphatic carbocycles. The van der Waals surface area contributed by atoms with Crippen molar-refractivity contribution in [3.8, 4) is 0 Å². The molecule has 0 amide bonds. The first-order chi connectivity index (χ1) is 12.4. The normalized spacial score (nSPS) is 16.2. The third kappa shape index (κ3) is 4.98. The fourth-order valence-electron chi connectivity index (χ4n) is 4.15. The van der Waals surface area contributed by atoms with Gasteiger partial charge in [0.25, 0.3) is 0 Å². The van der Waals surface area contributed by atoms with Crippen LogP contribution in [0.2, 0.25) is 0 Å². The van der Waals surface area contributed by atoms with Gasteiger partial charge < -0.3 is 0 Å². The quantitative estimate of drug-likeness (QED) is 0.609. The van der Waals surface area contributed by atoms with Gasteiger partial charge in [-0.05, 0) is 54.0 Å². The summed E-state index contributed by atoms with van der Waals surface area (Å²) in [5.74, 6) is 0. The molecule has 26 heavy (non-hydrogen) atoms. The third-order valence-corrected chi connectivity index (χ3v) is 5.95. The van der Waals surface area contributed by atoms with Crippen molar-refractivity contribution in [1.82, 2.24) is 4.90 Å². The monoisotopic (exact) mass is 349 g/mol. The smallest absolute Gasteiger partial charge is 0.0236 e. The van der Waals surface area contributed by atoms with Crippen LogP contribution in [0.3, 0.4) is 0 Å². The lowest BCUT2D eigenvalue weighted by Gasteiger charge is -2.31. The first kappa shape index (κ1) is 19.2. The van der Waals surface area contributed by atoms with Gasteiger partial charge in [-0.3, -0.25) is 4.90 Å². The molecule has 3 rings (SSSR count). The zero-order chi connectivity index (χ0) is 18.6. The predicted molar refractivity (Wildman–Crippen MR) is 113 cm³/mol. The van der Waals surface area contributed by atoms with E-state index in [4.69, 9.17) is 0 Å². The molecule has 1 nitrogen and oxygen atoms in total. The first-order valence-electron chi connectivity index (χ1n) is 10.3. The Labute approximate surface area is 160 Å². The van der Waals surface area contributed by atoms with Crippen molar-refractivity contribution in [2.75, 3.05) is 7.05 Å². The van der Waals surface area contributed by atoms with Gasteiger partial charge in [-0.15, -0.1) is 0 Å². The van der Waals surface area contributed by atoms with Crippen LogP contribution >= 0.6 is 0 Å². The molecule has 0 aliphatic heterocycles. The molecule has 0 aromatic heterocycles. The molecule has 0 atom stereocenters. The van der Waals surface area contributed by atoms with E-state index in [1.54, 1.807) is 0 Å². The molecule has 0 radical (unpaired) electrons. The number of benzene rings is 2. The van der Waals surface area contributed by atoms with Crippen molar-refractivity contribution < 1.29 is 0 Å². The minimum absolute atomic E-state index is 0.221. The van der Waals surface area contributed by atoms with E-state index >= 15 is 0 Å². The summed E-state index contributed by atoms with van der Waals surface area (Å²) in [5.41, 5.74) is 6.00. The zero-order valence-electron chi connectivity index (χ0n) is 17.1. The van der Waals surface area contributed by atoms with Crippen LogP contribution in [0.5, 0.6) is 0 Å². The van der Waals surface area contributed by atoms with Gasteiger partial charge >= 0.3 is 0 Å². The van der Waals surface area contributed by atoms with E-state index < -0.39 is 0 Å². The maximum atomic E-state index is 2.58. The SMILES string of the molecule is CN(Cc1ccccc1Cc1ccc(C(C)(C)C)cc1)C1CCCCC1. The second-order valence-electron chi connectivity index (χ2n) is 9.10. The molecule has 0 saturated heterocycles. The van der Waals surface area contributed by atoms with Crippen LogP contribution < -0.4 is 0 Å². The number of hydrogen-bond donors (Lipinski definition) is 0. The van der Waals surface area contributed by atoms with Gasteiger partial charge in [-0.2, -0.15) is 0 Å². The minimum Gasteiger partial charge on any atom is -0.299 e. The standard InChI is InChI=1S/C25H35N/c1-25(2,3)23-16-14-20(15-17-23)18-21-10-8-9-11-22(21)19-26(4)24-12-6-5-7-13-24/h8-11,14-17,24H,5-7,12-13,18-19H2,1-4H3. The topological polar surface area (TPSA) is 3.24 Å². The highest BCUT2D eigenvalue weighted by atomic mass is 15.1. The van der Waals surface area contributed by atoms with Gasteiger partial charge in [0.05, 0.1) is 0 Å². The van der Waals surface area contributed by atoms with E-state index in [-0.39, 0.29) is 5.41 Å². The molecule has 0 heterocycles. The Bertz CT molecular complexity index is 687. The van der Waals surface area contributed by atoms with E-state index in [1.807, 2.05) is 0 Å². The Kier molecular flexibility index (Phi) is 6.19. The molecule has 0 N–H and O–H groups in total. The molecule has 2 aromatic carbocycles. The van der Waals surface area contributed by atoms with E-state index in [0.29, 0.717) is 0 Å². The molecule has 0 spiro atoms. The Morgan fingerprint density at radius 3 is 2.08 bits per heavy atom. The zero-order valence-corrected chi connectivity index (χ0v) is 17.1. The van der Waals surface area contributed by atoms with Gasteiger partial charge in [0.15, 0.2) is 0 Å². The van der Waals surface area contributed by atoms with Crippen LogP contribution in [0.15, 0.2) is 48.5 Å². The van der Waals surface area contributed by atoms with Gasteiger partial charge in [-0.1, -0.05) is 88.6 Å². The minimum atomic E-state index is 0.221. The van der Waals surface area contributed by atoms with Crippen LogP contribution in [-0.4, -0.2) is 18.0 Å². The second-order valence-corrected chi connectivity index (χ2v) is 9.10. The average Bonchev–Trinajstić information content (AvgIpc) is 2.64. The van der Waals surface area contributed by atoms with E-state index in [0.717, 1.165) is 19.0 Å². The molecule has 1 fully saturated rings. The van der Waals surface area contributed by atoms with Crippen LogP contribution in [0.25, 0.3) is 0 Å². The molecule has 140 valence electrons. The fraction of sp³-hybridized carbons (Fsp3) is 0.520. The molecule has 1 aliphatic rings. The number of nitrogens with zero attached hydrogens (tertiary/aromatic N) is 1. The van der Waals surface area contributed by atoms with Crippen LogP contribution in [0.1, 0.15) is 75.1 Å². The molecular formula is C25H35N. The lowest BCUT2D eigenvalue weighted by Crippen LogP contribution is -2.33. The van der Waals surface area contributed by atoms with Crippen molar-refractivity contribution in [2.45, 2.75) is 77.3 Å². The van der Waals surface area contributed by atoms with E-state index in [2.05, 4.69) is 81.2 Å². The summed E-state index contributed by atoms with van der Waals surface area (Å²) < 4.78 is 0. The fourth-order valence-corrected chi connectivity index (χ4v) is 4.15. The van der Waals surface area contributed by atoms with Crippen molar-refractivity contribution in [1.29, 1.82) is 0 Å². The summed E-state index contributed by atoms with van der Waals surface area (Å²) in [6, 6.07) is 19.0. The third-order valence-electron chi connectivity index (χ3n) is 5.95. The van der Waals surface area contributed by atoms with Crippen molar-refractivity contribution >= 4 is 0 Å². The van der Waals surface area contributed by atoms with E-state index in [9.17, 15) is 0 Å². The predicted octanol–water partition coefficient (Wildman–Crippen LogP) is 6.34.